The zero-order valence-corrected chi connectivity index (χ0v) is 49.0. The van der Waals surface area contributed by atoms with Gasteiger partial charge in [-0.2, -0.15) is 0 Å². The van der Waals surface area contributed by atoms with Gasteiger partial charge in [0.2, 0.25) is 0 Å². The first-order valence-corrected chi connectivity index (χ1v) is 32.7. The van der Waals surface area contributed by atoms with E-state index < -0.39 is 6.10 Å². The molecule has 426 valence electrons. The number of allylic oxidation sites excluding steroid dienone is 2. The predicted molar refractivity (Wildman–Crippen MR) is 312 cm³/mol. The third kappa shape index (κ3) is 59.0. The Bertz CT molecular complexity index is 1120. The fourth-order valence-corrected chi connectivity index (χ4v) is 10.1. The molecule has 0 aromatic rings. The maximum Gasteiger partial charge on any atom is 0.306 e. The standard InChI is InChI=1S/C66H126O6/c1-4-7-10-13-15-17-19-21-23-24-25-26-27-28-29-30-31-32-33-34-35-36-37-38-39-40-41-42-43-45-46-48-50-53-56-59-65(68)71-62-63(61-70-64(67)58-55-52-12-9-6-3)72-66(69)60-57-54-51-49-47-44-22-20-18-16-14-11-8-5-2/h20,22,63H,4-19,21,23-62H2,1-3H3/b22-20-. The van der Waals surface area contributed by atoms with Crippen molar-refractivity contribution in [2.45, 2.75) is 380 Å². The van der Waals surface area contributed by atoms with Gasteiger partial charge in [0, 0.05) is 19.3 Å². The zero-order chi connectivity index (χ0) is 52.2. The summed E-state index contributed by atoms with van der Waals surface area (Å²) in [5.74, 6) is -0.871. The van der Waals surface area contributed by atoms with Crippen LogP contribution in [-0.2, 0) is 28.6 Å². The van der Waals surface area contributed by atoms with Gasteiger partial charge >= 0.3 is 17.9 Å². The number of hydrogen-bond acceptors (Lipinski definition) is 6. The smallest absolute Gasteiger partial charge is 0.306 e. The molecule has 72 heavy (non-hydrogen) atoms. The van der Waals surface area contributed by atoms with Crippen LogP contribution >= 0.6 is 0 Å². The minimum Gasteiger partial charge on any atom is -0.462 e. The van der Waals surface area contributed by atoms with E-state index in [1.165, 1.54) is 263 Å². The Morgan fingerprint density at radius 1 is 0.264 bits per heavy atom. The highest BCUT2D eigenvalue weighted by atomic mass is 16.6. The molecule has 1 atom stereocenters. The molecule has 0 aromatic heterocycles. The Hall–Kier alpha value is -1.85. The molecule has 0 aliphatic rings. The van der Waals surface area contributed by atoms with Crippen LogP contribution in [0.1, 0.15) is 374 Å². The van der Waals surface area contributed by atoms with Gasteiger partial charge in [-0.05, 0) is 44.9 Å². The van der Waals surface area contributed by atoms with Gasteiger partial charge in [0.05, 0.1) is 0 Å². The summed E-state index contributed by atoms with van der Waals surface area (Å²) in [6.45, 7) is 6.59. The minimum absolute atomic E-state index is 0.0692. The molecule has 0 fully saturated rings. The molecule has 0 heterocycles. The van der Waals surface area contributed by atoms with Crippen molar-refractivity contribution < 1.29 is 28.6 Å². The first-order valence-electron chi connectivity index (χ1n) is 32.7. The number of carbonyl (C=O) groups is 3. The van der Waals surface area contributed by atoms with E-state index >= 15 is 0 Å². The van der Waals surface area contributed by atoms with Gasteiger partial charge in [0.25, 0.3) is 0 Å². The van der Waals surface area contributed by atoms with E-state index in [-0.39, 0.29) is 31.1 Å². The third-order valence-electron chi connectivity index (χ3n) is 15.0. The van der Waals surface area contributed by atoms with Crippen molar-refractivity contribution in [3.8, 4) is 0 Å². The summed E-state index contributed by atoms with van der Waals surface area (Å²) in [6, 6.07) is 0. The highest BCUT2D eigenvalue weighted by Crippen LogP contribution is 2.19. The maximum absolute atomic E-state index is 12.8. The molecule has 0 saturated heterocycles. The average Bonchev–Trinajstić information content (AvgIpc) is 3.38. The van der Waals surface area contributed by atoms with Crippen LogP contribution in [0, 0.1) is 0 Å². The van der Waals surface area contributed by atoms with Gasteiger partial charge in [-0.1, -0.05) is 322 Å². The SMILES string of the molecule is CCCCCCC/C=C\CCCCCCCC(=O)OC(COC(=O)CCCCCCC)COC(=O)CCCCCCCCCCCCCCCCCCCCCCCCCCCCCCCCCCCCC. The molecule has 6 heteroatoms. The molecular weight excluding hydrogens is 889 g/mol. The summed E-state index contributed by atoms with van der Waals surface area (Å²) < 4.78 is 16.7. The third-order valence-corrected chi connectivity index (χ3v) is 15.0. The predicted octanol–water partition coefficient (Wildman–Crippen LogP) is 22.1. The summed E-state index contributed by atoms with van der Waals surface area (Å²) in [5.41, 5.74) is 0. The van der Waals surface area contributed by atoms with E-state index in [4.69, 9.17) is 14.2 Å². The van der Waals surface area contributed by atoms with Crippen LogP contribution in [0.5, 0.6) is 0 Å². The summed E-state index contributed by atoms with van der Waals surface area (Å²) >= 11 is 0. The lowest BCUT2D eigenvalue weighted by molar-refractivity contribution is -0.167. The normalized spacial score (nSPS) is 12.0. The zero-order valence-electron chi connectivity index (χ0n) is 49.0. The van der Waals surface area contributed by atoms with Crippen molar-refractivity contribution in [1.29, 1.82) is 0 Å². The number of esters is 3. The second-order valence-corrected chi connectivity index (χ2v) is 22.4. The van der Waals surface area contributed by atoms with Crippen LogP contribution in [0.15, 0.2) is 12.2 Å². The highest BCUT2D eigenvalue weighted by molar-refractivity contribution is 5.71. The van der Waals surface area contributed by atoms with Crippen LogP contribution < -0.4 is 0 Å². The fraction of sp³-hybridized carbons (Fsp3) is 0.924. The van der Waals surface area contributed by atoms with Gasteiger partial charge < -0.3 is 14.2 Å². The first-order chi connectivity index (χ1) is 35.5. The fourth-order valence-electron chi connectivity index (χ4n) is 10.1. The molecule has 0 spiro atoms. The van der Waals surface area contributed by atoms with Crippen LogP contribution in [0.25, 0.3) is 0 Å². The second kappa shape index (κ2) is 61.7. The molecule has 0 bridgehead atoms. The first kappa shape index (κ1) is 70.1. The molecular formula is C66H126O6. The molecule has 0 aliphatic carbocycles. The van der Waals surface area contributed by atoms with Crippen molar-refractivity contribution in [3.05, 3.63) is 12.2 Å². The van der Waals surface area contributed by atoms with Crippen molar-refractivity contribution in [2.24, 2.45) is 0 Å². The van der Waals surface area contributed by atoms with E-state index in [2.05, 4.69) is 32.9 Å². The van der Waals surface area contributed by atoms with Crippen molar-refractivity contribution in [3.63, 3.8) is 0 Å². The Morgan fingerprint density at radius 2 is 0.458 bits per heavy atom. The lowest BCUT2D eigenvalue weighted by atomic mass is 10.0. The largest absolute Gasteiger partial charge is 0.462 e. The topological polar surface area (TPSA) is 78.9 Å². The van der Waals surface area contributed by atoms with E-state index in [1.54, 1.807) is 0 Å². The van der Waals surface area contributed by atoms with Gasteiger partial charge in [0.1, 0.15) is 13.2 Å². The number of unbranched alkanes of at least 4 members (excludes halogenated alkanes) is 48. The average molecular weight is 1020 g/mol. The van der Waals surface area contributed by atoms with E-state index in [0.29, 0.717) is 19.3 Å². The number of ether oxygens (including phenoxy) is 3. The molecule has 0 radical (unpaired) electrons. The molecule has 0 saturated carbocycles. The molecule has 0 N–H and O–H groups in total. The van der Waals surface area contributed by atoms with Crippen LogP contribution in [0.3, 0.4) is 0 Å². The van der Waals surface area contributed by atoms with Gasteiger partial charge in [-0.25, -0.2) is 0 Å². The maximum atomic E-state index is 12.8. The van der Waals surface area contributed by atoms with Gasteiger partial charge in [0.15, 0.2) is 6.10 Å². The van der Waals surface area contributed by atoms with Gasteiger partial charge in [-0.15, -0.1) is 0 Å². The molecule has 0 amide bonds. The summed E-state index contributed by atoms with van der Waals surface area (Å²) in [5, 5.41) is 0. The van der Waals surface area contributed by atoms with E-state index in [9.17, 15) is 14.4 Å². The molecule has 0 aliphatic heterocycles. The van der Waals surface area contributed by atoms with E-state index in [1.807, 2.05) is 0 Å². The Kier molecular flexibility index (Phi) is 60.1. The van der Waals surface area contributed by atoms with Crippen LogP contribution in [0.2, 0.25) is 0 Å². The number of hydrogen-bond donors (Lipinski definition) is 0. The number of rotatable bonds is 61. The lowest BCUT2D eigenvalue weighted by Gasteiger charge is -2.18. The van der Waals surface area contributed by atoms with Crippen LogP contribution in [0.4, 0.5) is 0 Å². The Labute approximate surface area is 450 Å². The van der Waals surface area contributed by atoms with Crippen molar-refractivity contribution in [1.82, 2.24) is 0 Å². The molecule has 0 rings (SSSR count). The summed E-state index contributed by atoms with van der Waals surface area (Å²) in [4.78, 5) is 37.8. The lowest BCUT2D eigenvalue weighted by Crippen LogP contribution is -2.30. The Balaban J connectivity index is 3.80. The quantitative estimate of drug-likeness (QED) is 0.0261. The highest BCUT2D eigenvalue weighted by Gasteiger charge is 2.19. The van der Waals surface area contributed by atoms with Crippen molar-refractivity contribution in [2.75, 3.05) is 13.2 Å². The van der Waals surface area contributed by atoms with E-state index in [0.717, 1.165) is 70.6 Å². The second-order valence-electron chi connectivity index (χ2n) is 22.4. The molecule has 1 unspecified atom stereocenters. The van der Waals surface area contributed by atoms with Crippen molar-refractivity contribution >= 4 is 17.9 Å². The monoisotopic (exact) mass is 1010 g/mol. The molecule has 6 nitrogen and oxygen atoms in total. The van der Waals surface area contributed by atoms with Crippen LogP contribution in [-0.4, -0.2) is 37.2 Å². The summed E-state index contributed by atoms with van der Waals surface area (Å²) in [7, 11) is 0. The van der Waals surface area contributed by atoms with Gasteiger partial charge in [-0.3, -0.25) is 14.4 Å². The Morgan fingerprint density at radius 3 is 0.694 bits per heavy atom. The number of carbonyl (C=O) groups excluding carboxylic acids is 3. The minimum atomic E-state index is -0.767. The molecule has 0 aromatic carbocycles. The summed E-state index contributed by atoms with van der Waals surface area (Å²) in [6.07, 6.45) is 73.1.